The number of aryl methyl sites for hydroxylation is 1. The number of thioether (sulfide) groups is 1. The Morgan fingerprint density at radius 1 is 1.47 bits per heavy atom. The quantitative estimate of drug-likeness (QED) is 0.901. The monoisotopic (exact) mass is 286 g/mol. The summed E-state index contributed by atoms with van der Waals surface area (Å²) in [6.07, 6.45) is 4.36. The van der Waals surface area contributed by atoms with Crippen LogP contribution in [-0.4, -0.2) is 22.5 Å². The third-order valence-corrected chi connectivity index (χ3v) is 4.09. The van der Waals surface area contributed by atoms with Crippen LogP contribution in [0.4, 0.5) is 5.82 Å². The van der Waals surface area contributed by atoms with Crippen molar-refractivity contribution in [3.63, 3.8) is 0 Å². The Labute approximate surface area is 103 Å². The molecule has 82 valence electrons. The van der Waals surface area contributed by atoms with E-state index in [9.17, 15) is 0 Å². The van der Waals surface area contributed by atoms with Gasteiger partial charge < -0.3 is 5.32 Å². The number of pyridine rings is 1. The van der Waals surface area contributed by atoms with Crippen LogP contribution in [0.5, 0.6) is 0 Å². The normalized spacial score (nSPS) is 17.7. The lowest BCUT2D eigenvalue weighted by atomic mass is 10.1. The van der Waals surface area contributed by atoms with Crippen molar-refractivity contribution in [3.8, 4) is 0 Å². The van der Waals surface area contributed by atoms with Crippen molar-refractivity contribution < 1.29 is 0 Å². The van der Waals surface area contributed by atoms with Gasteiger partial charge >= 0.3 is 0 Å². The number of nitrogens with one attached hydrogen (secondary N) is 1. The highest BCUT2D eigenvalue weighted by Crippen LogP contribution is 2.22. The van der Waals surface area contributed by atoms with Gasteiger partial charge in [-0.1, -0.05) is 0 Å². The van der Waals surface area contributed by atoms with Crippen LogP contribution in [0.2, 0.25) is 0 Å². The Morgan fingerprint density at radius 3 is 2.87 bits per heavy atom. The van der Waals surface area contributed by atoms with Crippen molar-refractivity contribution >= 4 is 33.5 Å². The molecule has 1 N–H and O–H groups in total. The molecule has 1 aromatic rings. The molecule has 1 aliphatic heterocycles. The van der Waals surface area contributed by atoms with E-state index in [-0.39, 0.29) is 0 Å². The van der Waals surface area contributed by atoms with Crippen molar-refractivity contribution in [3.05, 3.63) is 22.3 Å². The average molecular weight is 287 g/mol. The zero-order valence-electron chi connectivity index (χ0n) is 8.79. The predicted octanol–water partition coefficient (Wildman–Crippen LogP) is 3.46. The standard InChI is InChI=1S/C11H15BrN2S/c1-8-6-9(12)7-13-11(8)14-10-2-4-15-5-3-10/h6-7,10H,2-5H2,1H3,(H,13,14). The number of aromatic nitrogens is 1. The molecule has 1 saturated heterocycles. The third kappa shape index (κ3) is 3.11. The summed E-state index contributed by atoms with van der Waals surface area (Å²) in [5.74, 6) is 3.58. The fourth-order valence-corrected chi connectivity index (χ4v) is 3.28. The van der Waals surface area contributed by atoms with Crippen molar-refractivity contribution in [1.29, 1.82) is 0 Å². The second-order valence-electron chi connectivity index (χ2n) is 3.85. The molecule has 0 aromatic carbocycles. The zero-order valence-corrected chi connectivity index (χ0v) is 11.2. The van der Waals surface area contributed by atoms with Crippen LogP contribution in [0.1, 0.15) is 18.4 Å². The zero-order chi connectivity index (χ0) is 10.7. The van der Waals surface area contributed by atoms with Crippen molar-refractivity contribution in [1.82, 2.24) is 4.98 Å². The molecule has 0 atom stereocenters. The molecule has 1 aliphatic rings. The lowest BCUT2D eigenvalue weighted by Gasteiger charge is -2.23. The first-order chi connectivity index (χ1) is 7.25. The molecule has 2 rings (SSSR count). The van der Waals surface area contributed by atoms with Crippen molar-refractivity contribution in [2.45, 2.75) is 25.8 Å². The van der Waals surface area contributed by atoms with Gasteiger partial charge in [0.1, 0.15) is 5.82 Å². The first-order valence-corrected chi connectivity index (χ1v) is 7.17. The molecule has 0 aliphatic carbocycles. The van der Waals surface area contributed by atoms with Gasteiger partial charge in [0.15, 0.2) is 0 Å². The summed E-state index contributed by atoms with van der Waals surface area (Å²) >= 11 is 5.48. The SMILES string of the molecule is Cc1cc(Br)cnc1NC1CCSCC1. The van der Waals surface area contributed by atoms with Gasteiger partial charge in [-0.05, 0) is 58.8 Å². The molecule has 0 radical (unpaired) electrons. The molecule has 0 saturated carbocycles. The van der Waals surface area contributed by atoms with E-state index >= 15 is 0 Å². The third-order valence-electron chi connectivity index (χ3n) is 2.61. The maximum absolute atomic E-state index is 4.41. The molecule has 2 heterocycles. The molecule has 4 heteroatoms. The summed E-state index contributed by atoms with van der Waals surface area (Å²) in [6.45, 7) is 2.09. The first-order valence-electron chi connectivity index (χ1n) is 5.22. The van der Waals surface area contributed by atoms with Gasteiger partial charge in [0.25, 0.3) is 0 Å². The molecule has 0 spiro atoms. The molecule has 0 unspecified atom stereocenters. The second kappa shape index (κ2) is 5.21. The van der Waals surface area contributed by atoms with Gasteiger partial charge in [-0.15, -0.1) is 0 Å². The van der Waals surface area contributed by atoms with E-state index in [4.69, 9.17) is 0 Å². The summed E-state index contributed by atoms with van der Waals surface area (Å²) in [4.78, 5) is 4.41. The molecular formula is C11H15BrN2S. The Morgan fingerprint density at radius 2 is 2.20 bits per heavy atom. The lowest BCUT2D eigenvalue weighted by molar-refractivity contribution is 0.663. The van der Waals surface area contributed by atoms with Gasteiger partial charge in [0.05, 0.1) is 0 Å². The lowest BCUT2D eigenvalue weighted by Crippen LogP contribution is -2.25. The Hall–Kier alpha value is -0.220. The molecular weight excluding hydrogens is 272 g/mol. The minimum absolute atomic E-state index is 0.610. The largest absolute Gasteiger partial charge is 0.367 e. The topological polar surface area (TPSA) is 24.9 Å². The summed E-state index contributed by atoms with van der Waals surface area (Å²) in [5, 5.41) is 3.53. The van der Waals surface area contributed by atoms with Crippen molar-refractivity contribution in [2.75, 3.05) is 16.8 Å². The molecule has 1 fully saturated rings. The number of nitrogens with zero attached hydrogens (tertiary/aromatic N) is 1. The van der Waals surface area contributed by atoms with Crippen LogP contribution in [-0.2, 0) is 0 Å². The number of hydrogen-bond donors (Lipinski definition) is 1. The summed E-state index contributed by atoms with van der Waals surface area (Å²) in [5.41, 5.74) is 1.21. The van der Waals surface area contributed by atoms with Crippen molar-refractivity contribution in [2.24, 2.45) is 0 Å². The van der Waals surface area contributed by atoms with Crippen LogP contribution in [0.3, 0.4) is 0 Å². The summed E-state index contributed by atoms with van der Waals surface area (Å²) in [7, 11) is 0. The Bertz CT molecular complexity index is 337. The number of anilines is 1. The summed E-state index contributed by atoms with van der Waals surface area (Å²) < 4.78 is 1.05. The van der Waals surface area contributed by atoms with Gasteiger partial charge in [0.2, 0.25) is 0 Å². The highest BCUT2D eigenvalue weighted by atomic mass is 79.9. The van der Waals surface area contributed by atoms with E-state index in [0.717, 1.165) is 10.3 Å². The maximum Gasteiger partial charge on any atom is 0.129 e. The highest BCUT2D eigenvalue weighted by molar-refractivity contribution is 9.10. The van der Waals surface area contributed by atoms with Gasteiger partial charge in [-0.2, -0.15) is 11.8 Å². The smallest absolute Gasteiger partial charge is 0.129 e. The number of rotatable bonds is 2. The van der Waals surface area contributed by atoms with E-state index in [1.807, 2.05) is 18.0 Å². The van der Waals surface area contributed by atoms with E-state index in [2.05, 4.69) is 39.2 Å². The summed E-state index contributed by atoms with van der Waals surface area (Å²) in [6, 6.07) is 2.71. The number of halogens is 1. The van der Waals surface area contributed by atoms with E-state index in [1.165, 1.54) is 29.9 Å². The molecule has 1 aromatic heterocycles. The maximum atomic E-state index is 4.41. The molecule has 0 bridgehead atoms. The van der Waals surface area contributed by atoms with E-state index in [1.54, 1.807) is 0 Å². The molecule has 2 nitrogen and oxygen atoms in total. The molecule has 15 heavy (non-hydrogen) atoms. The number of hydrogen-bond acceptors (Lipinski definition) is 3. The van der Waals surface area contributed by atoms with Gasteiger partial charge in [0, 0.05) is 16.7 Å². The van der Waals surface area contributed by atoms with Gasteiger partial charge in [-0.3, -0.25) is 0 Å². The Kier molecular flexibility index (Phi) is 3.92. The average Bonchev–Trinajstić information content (AvgIpc) is 2.24. The first kappa shape index (κ1) is 11.3. The highest BCUT2D eigenvalue weighted by Gasteiger charge is 2.14. The van der Waals surface area contributed by atoms with Crippen LogP contribution in [0.15, 0.2) is 16.7 Å². The minimum atomic E-state index is 0.610. The fraction of sp³-hybridized carbons (Fsp3) is 0.545. The van der Waals surface area contributed by atoms with Gasteiger partial charge in [-0.25, -0.2) is 4.98 Å². The predicted molar refractivity (Wildman–Crippen MR) is 70.6 cm³/mol. The van der Waals surface area contributed by atoms with Crippen LogP contribution in [0.25, 0.3) is 0 Å². The molecule has 0 amide bonds. The van der Waals surface area contributed by atoms with E-state index < -0.39 is 0 Å². The van der Waals surface area contributed by atoms with Crippen LogP contribution in [0, 0.1) is 6.92 Å². The van der Waals surface area contributed by atoms with Crippen LogP contribution >= 0.6 is 27.7 Å². The second-order valence-corrected chi connectivity index (χ2v) is 5.99. The van der Waals surface area contributed by atoms with E-state index in [0.29, 0.717) is 6.04 Å². The Balaban J connectivity index is 2.03. The van der Waals surface area contributed by atoms with Crippen LogP contribution < -0.4 is 5.32 Å². The minimum Gasteiger partial charge on any atom is -0.367 e. The fourth-order valence-electron chi connectivity index (χ4n) is 1.73.